The predicted octanol–water partition coefficient (Wildman–Crippen LogP) is 2.43. The summed E-state index contributed by atoms with van der Waals surface area (Å²) in [7, 11) is 0. The number of carbonyl (C=O) groups excluding carboxylic acids is 1. The van der Waals surface area contributed by atoms with Gasteiger partial charge in [-0.1, -0.05) is 0 Å². The Kier molecular flexibility index (Phi) is 4.02. The Labute approximate surface area is 128 Å². The van der Waals surface area contributed by atoms with Crippen LogP contribution < -0.4 is 5.73 Å². The van der Waals surface area contributed by atoms with Crippen molar-refractivity contribution in [1.29, 1.82) is 0 Å². The number of hydrogen-bond donors (Lipinski definition) is 1. The van der Waals surface area contributed by atoms with Gasteiger partial charge in [0.05, 0.1) is 5.92 Å². The van der Waals surface area contributed by atoms with Crippen LogP contribution in [0.4, 0.5) is 0 Å². The van der Waals surface area contributed by atoms with Crippen LogP contribution in [0.1, 0.15) is 44.9 Å². The summed E-state index contributed by atoms with van der Waals surface area (Å²) >= 11 is 0. The van der Waals surface area contributed by atoms with Crippen LogP contribution in [0, 0.1) is 29.6 Å². The first kappa shape index (κ1) is 14.6. The van der Waals surface area contributed by atoms with E-state index in [1.54, 1.807) is 0 Å². The normalized spacial score (nSPS) is 38.6. The molecule has 20 heavy (non-hydrogen) atoms. The summed E-state index contributed by atoms with van der Waals surface area (Å²) in [6.45, 7) is 2.05. The molecule has 3 nitrogen and oxygen atoms in total. The Hall–Kier alpha value is -0.280. The highest BCUT2D eigenvalue weighted by molar-refractivity contribution is 5.85. The predicted molar refractivity (Wildman–Crippen MR) is 81.6 cm³/mol. The van der Waals surface area contributed by atoms with Crippen molar-refractivity contribution in [1.82, 2.24) is 4.90 Å². The van der Waals surface area contributed by atoms with E-state index in [4.69, 9.17) is 5.73 Å². The Morgan fingerprint density at radius 2 is 1.50 bits per heavy atom. The van der Waals surface area contributed by atoms with Gasteiger partial charge in [-0.05, 0) is 68.6 Å². The largest absolute Gasteiger partial charge is 0.342 e. The molecule has 114 valence electrons. The molecule has 0 aromatic rings. The fourth-order valence-electron chi connectivity index (χ4n) is 4.39. The van der Waals surface area contributed by atoms with Gasteiger partial charge >= 0.3 is 0 Å². The van der Waals surface area contributed by atoms with Gasteiger partial charge in [0.2, 0.25) is 5.91 Å². The van der Waals surface area contributed by atoms with Crippen molar-refractivity contribution in [2.24, 2.45) is 35.3 Å². The van der Waals surface area contributed by atoms with Crippen LogP contribution in [-0.2, 0) is 4.79 Å². The number of halogens is 1. The topological polar surface area (TPSA) is 46.3 Å². The Morgan fingerprint density at radius 3 is 1.95 bits per heavy atom. The maximum Gasteiger partial charge on any atom is 0.227 e. The van der Waals surface area contributed by atoms with Crippen molar-refractivity contribution < 1.29 is 4.79 Å². The molecule has 0 aromatic heterocycles. The third kappa shape index (κ3) is 2.71. The van der Waals surface area contributed by atoms with Crippen molar-refractivity contribution in [3.63, 3.8) is 0 Å². The fraction of sp³-hybridized carbons (Fsp3) is 0.938. The molecular formula is C16H27ClN2O. The van der Waals surface area contributed by atoms with E-state index in [1.165, 1.54) is 44.9 Å². The summed E-state index contributed by atoms with van der Waals surface area (Å²) in [6, 6.07) is 0.159. The van der Waals surface area contributed by atoms with Gasteiger partial charge in [-0.25, -0.2) is 0 Å². The lowest BCUT2D eigenvalue weighted by atomic mass is 9.84. The van der Waals surface area contributed by atoms with Gasteiger partial charge in [0, 0.05) is 19.1 Å². The highest BCUT2D eigenvalue weighted by Gasteiger charge is 2.50. The zero-order valence-electron chi connectivity index (χ0n) is 12.2. The molecule has 0 spiro atoms. The molecule has 4 aliphatic carbocycles. The summed E-state index contributed by atoms with van der Waals surface area (Å²) in [4.78, 5) is 15.1. The summed E-state index contributed by atoms with van der Waals surface area (Å²) in [5, 5.41) is 0. The highest BCUT2D eigenvalue weighted by atomic mass is 35.5. The van der Waals surface area contributed by atoms with E-state index in [-0.39, 0.29) is 24.4 Å². The number of amides is 1. The number of rotatable bonds is 5. The molecule has 4 rings (SSSR count). The first-order chi connectivity index (χ1) is 9.22. The quantitative estimate of drug-likeness (QED) is 0.847. The van der Waals surface area contributed by atoms with Crippen LogP contribution in [0.25, 0.3) is 0 Å². The lowest BCUT2D eigenvalue weighted by Gasteiger charge is -2.33. The van der Waals surface area contributed by atoms with E-state index in [0.29, 0.717) is 17.7 Å². The number of fused-ring (bicyclic) bond motifs is 2. The van der Waals surface area contributed by atoms with Gasteiger partial charge < -0.3 is 10.6 Å². The molecule has 0 saturated heterocycles. The Balaban J connectivity index is 0.00000121. The first-order valence-corrected chi connectivity index (χ1v) is 8.26. The van der Waals surface area contributed by atoms with E-state index in [1.807, 2.05) is 0 Å². The first-order valence-electron chi connectivity index (χ1n) is 8.26. The molecule has 4 saturated carbocycles. The molecule has 0 radical (unpaired) electrons. The molecule has 4 unspecified atom stereocenters. The Bertz CT molecular complexity index is 365. The van der Waals surface area contributed by atoms with E-state index in [9.17, 15) is 4.79 Å². The highest BCUT2D eigenvalue weighted by Crippen LogP contribution is 2.48. The van der Waals surface area contributed by atoms with Gasteiger partial charge in [0.25, 0.3) is 0 Å². The van der Waals surface area contributed by atoms with Gasteiger partial charge in [-0.2, -0.15) is 0 Å². The molecule has 0 aliphatic heterocycles. The zero-order valence-corrected chi connectivity index (χ0v) is 13.0. The van der Waals surface area contributed by atoms with Crippen LogP contribution in [0.2, 0.25) is 0 Å². The monoisotopic (exact) mass is 298 g/mol. The van der Waals surface area contributed by atoms with Gasteiger partial charge in [-0.3, -0.25) is 4.79 Å². The maximum absolute atomic E-state index is 12.9. The molecule has 0 aromatic carbocycles. The van der Waals surface area contributed by atoms with Gasteiger partial charge in [0.1, 0.15) is 0 Å². The second-order valence-corrected chi connectivity index (χ2v) is 7.57. The SMILES string of the molecule is Cl.NC1C2CCC(C2)C1C(=O)N(CC1CC1)CC1CC1. The summed E-state index contributed by atoms with van der Waals surface area (Å²) in [5.41, 5.74) is 6.35. The van der Waals surface area contributed by atoms with Crippen molar-refractivity contribution >= 4 is 18.3 Å². The third-order valence-corrected chi connectivity index (χ3v) is 5.93. The summed E-state index contributed by atoms with van der Waals surface area (Å²) in [5.74, 6) is 3.43. The minimum absolute atomic E-state index is 0. The molecular weight excluding hydrogens is 272 g/mol. The summed E-state index contributed by atoms with van der Waals surface area (Å²) < 4.78 is 0. The molecule has 4 atom stereocenters. The maximum atomic E-state index is 12.9. The minimum atomic E-state index is 0. The Morgan fingerprint density at radius 1 is 0.950 bits per heavy atom. The lowest BCUT2D eigenvalue weighted by Crippen LogP contribution is -2.48. The number of nitrogens with two attached hydrogens (primary N) is 1. The fourth-order valence-corrected chi connectivity index (χ4v) is 4.39. The summed E-state index contributed by atoms with van der Waals surface area (Å²) in [6.07, 6.45) is 9.05. The molecule has 0 heterocycles. The standard InChI is InChI=1S/C16H26N2O.ClH/c17-15-13-6-5-12(7-13)14(15)16(19)18(8-10-1-2-10)9-11-3-4-11;/h10-15H,1-9,17H2;1H. The van der Waals surface area contributed by atoms with E-state index in [0.717, 1.165) is 24.9 Å². The van der Waals surface area contributed by atoms with Crippen molar-refractivity contribution in [3.05, 3.63) is 0 Å². The van der Waals surface area contributed by atoms with Crippen LogP contribution >= 0.6 is 12.4 Å². The molecule has 1 amide bonds. The number of hydrogen-bond acceptors (Lipinski definition) is 2. The van der Waals surface area contributed by atoms with E-state index < -0.39 is 0 Å². The second-order valence-electron chi connectivity index (χ2n) is 7.57. The van der Waals surface area contributed by atoms with E-state index >= 15 is 0 Å². The van der Waals surface area contributed by atoms with Crippen LogP contribution in [0.5, 0.6) is 0 Å². The van der Waals surface area contributed by atoms with Crippen molar-refractivity contribution in [2.75, 3.05) is 13.1 Å². The number of carbonyl (C=O) groups is 1. The lowest BCUT2D eigenvalue weighted by molar-refractivity contribution is -0.138. The molecule has 4 fully saturated rings. The number of nitrogens with zero attached hydrogens (tertiary/aromatic N) is 1. The second kappa shape index (κ2) is 5.49. The molecule has 4 aliphatic rings. The molecule has 4 heteroatoms. The van der Waals surface area contributed by atoms with Crippen LogP contribution in [-0.4, -0.2) is 29.9 Å². The average molecular weight is 299 g/mol. The van der Waals surface area contributed by atoms with Crippen molar-refractivity contribution in [2.45, 2.75) is 51.0 Å². The van der Waals surface area contributed by atoms with E-state index in [2.05, 4.69) is 4.90 Å². The average Bonchev–Trinajstić information content (AvgIpc) is 3.31. The smallest absolute Gasteiger partial charge is 0.227 e. The van der Waals surface area contributed by atoms with Crippen molar-refractivity contribution in [3.8, 4) is 0 Å². The van der Waals surface area contributed by atoms with Crippen LogP contribution in [0.3, 0.4) is 0 Å². The zero-order chi connectivity index (χ0) is 13.0. The van der Waals surface area contributed by atoms with Crippen LogP contribution in [0.15, 0.2) is 0 Å². The third-order valence-electron chi connectivity index (χ3n) is 5.93. The molecule has 2 N–H and O–H groups in total. The minimum Gasteiger partial charge on any atom is -0.342 e. The van der Waals surface area contributed by atoms with Gasteiger partial charge in [0.15, 0.2) is 0 Å². The van der Waals surface area contributed by atoms with Gasteiger partial charge in [-0.15, -0.1) is 12.4 Å². The molecule has 2 bridgehead atoms.